The summed E-state index contributed by atoms with van der Waals surface area (Å²) < 4.78 is 4.98. The summed E-state index contributed by atoms with van der Waals surface area (Å²) in [4.78, 5) is 27.6. The van der Waals surface area contributed by atoms with Gasteiger partial charge in [-0.25, -0.2) is 0 Å². The molecule has 1 saturated heterocycles. The van der Waals surface area contributed by atoms with Crippen molar-refractivity contribution >= 4 is 28.9 Å². The third-order valence-electron chi connectivity index (χ3n) is 4.05. The van der Waals surface area contributed by atoms with Crippen LogP contribution >= 0.6 is 11.3 Å². The van der Waals surface area contributed by atoms with Crippen molar-refractivity contribution in [3.63, 3.8) is 0 Å². The summed E-state index contributed by atoms with van der Waals surface area (Å²) in [6.07, 6.45) is 0.0840. The molecule has 1 fully saturated rings. The Labute approximate surface area is 144 Å². The predicted octanol–water partition coefficient (Wildman–Crippen LogP) is 3.22. The SMILES string of the molecule is Cc1ccc(N2C(=O)C[C@H](C(=O)OCC#N)[C@H]2c2cccs2)cc1. The van der Waals surface area contributed by atoms with Crippen LogP contribution in [0.3, 0.4) is 0 Å². The quantitative estimate of drug-likeness (QED) is 0.801. The van der Waals surface area contributed by atoms with Crippen LogP contribution in [0.1, 0.15) is 22.9 Å². The number of hydrogen-bond acceptors (Lipinski definition) is 5. The third kappa shape index (κ3) is 3.03. The fourth-order valence-electron chi connectivity index (χ4n) is 2.95. The molecule has 5 nitrogen and oxygen atoms in total. The Morgan fingerprint density at radius 2 is 2.12 bits per heavy atom. The predicted molar refractivity (Wildman–Crippen MR) is 90.4 cm³/mol. The van der Waals surface area contributed by atoms with E-state index in [1.54, 1.807) is 11.0 Å². The smallest absolute Gasteiger partial charge is 0.312 e. The normalized spacial score (nSPS) is 20.0. The summed E-state index contributed by atoms with van der Waals surface area (Å²) in [6.45, 7) is 1.68. The zero-order chi connectivity index (χ0) is 17.1. The Morgan fingerprint density at radius 1 is 1.38 bits per heavy atom. The largest absolute Gasteiger partial charge is 0.450 e. The van der Waals surface area contributed by atoms with E-state index in [2.05, 4.69) is 0 Å². The lowest BCUT2D eigenvalue weighted by Gasteiger charge is -2.26. The van der Waals surface area contributed by atoms with Crippen LogP contribution in [0.4, 0.5) is 5.69 Å². The highest BCUT2D eigenvalue weighted by Crippen LogP contribution is 2.43. The van der Waals surface area contributed by atoms with Crippen molar-refractivity contribution < 1.29 is 14.3 Å². The maximum Gasteiger partial charge on any atom is 0.312 e. The minimum absolute atomic E-state index is 0.0840. The van der Waals surface area contributed by atoms with E-state index in [1.165, 1.54) is 11.3 Å². The van der Waals surface area contributed by atoms with Gasteiger partial charge in [-0.3, -0.25) is 9.59 Å². The first-order valence-electron chi connectivity index (χ1n) is 7.57. The topological polar surface area (TPSA) is 70.4 Å². The molecule has 0 bridgehead atoms. The van der Waals surface area contributed by atoms with Crippen LogP contribution in [-0.2, 0) is 14.3 Å². The molecule has 0 saturated carbocycles. The number of esters is 1. The molecule has 1 aromatic heterocycles. The molecule has 0 aliphatic carbocycles. The maximum absolute atomic E-state index is 12.6. The molecule has 0 N–H and O–H groups in total. The molecule has 2 aromatic rings. The van der Waals surface area contributed by atoms with E-state index in [1.807, 2.05) is 48.7 Å². The minimum atomic E-state index is -0.606. The van der Waals surface area contributed by atoms with Gasteiger partial charge >= 0.3 is 5.97 Å². The van der Waals surface area contributed by atoms with Crippen LogP contribution in [-0.4, -0.2) is 18.5 Å². The summed E-state index contributed by atoms with van der Waals surface area (Å²) in [6, 6.07) is 12.9. The van der Waals surface area contributed by atoms with Crippen LogP contribution in [0.2, 0.25) is 0 Å². The number of benzene rings is 1. The Hall–Kier alpha value is -2.65. The first-order chi connectivity index (χ1) is 11.6. The van der Waals surface area contributed by atoms with Crippen LogP contribution in [0, 0.1) is 24.2 Å². The Morgan fingerprint density at radius 3 is 2.75 bits per heavy atom. The van der Waals surface area contributed by atoms with Gasteiger partial charge in [-0.05, 0) is 30.5 Å². The van der Waals surface area contributed by atoms with E-state index in [0.29, 0.717) is 0 Å². The van der Waals surface area contributed by atoms with Gasteiger partial charge in [0.15, 0.2) is 6.61 Å². The number of hydrogen-bond donors (Lipinski definition) is 0. The second-order valence-corrected chi connectivity index (χ2v) is 6.62. The summed E-state index contributed by atoms with van der Waals surface area (Å²) in [5.74, 6) is -1.22. The first kappa shape index (κ1) is 16.2. The van der Waals surface area contributed by atoms with E-state index >= 15 is 0 Å². The van der Waals surface area contributed by atoms with Gasteiger partial charge in [0, 0.05) is 17.0 Å². The number of nitrogens with zero attached hydrogens (tertiary/aromatic N) is 2. The van der Waals surface area contributed by atoms with Crippen LogP contribution in [0.15, 0.2) is 41.8 Å². The van der Waals surface area contributed by atoms with Crippen molar-refractivity contribution in [3.05, 3.63) is 52.2 Å². The number of rotatable bonds is 4. The van der Waals surface area contributed by atoms with Crippen LogP contribution in [0.25, 0.3) is 0 Å². The summed E-state index contributed by atoms with van der Waals surface area (Å²) >= 11 is 1.50. The molecular formula is C18H16N2O3S. The molecule has 2 atom stereocenters. The number of aryl methyl sites for hydroxylation is 1. The Balaban J connectivity index is 1.98. The monoisotopic (exact) mass is 340 g/mol. The van der Waals surface area contributed by atoms with E-state index in [-0.39, 0.29) is 18.9 Å². The van der Waals surface area contributed by atoms with E-state index in [0.717, 1.165) is 16.1 Å². The van der Waals surface area contributed by atoms with Gasteiger partial charge in [0.05, 0.1) is 12.0 Å². The van der Waals surface area contributed by atoms with Crippen molar-refractivity contribution in [2.24, 2.45) is 5.92 Å². The van der Waals surface area contributed by atoms with Crippen molar-refractivity contribution in [1.29, 1.82) is 5.26 Å². The van der Waals surface area contributed by atoms with E-state index in [9.17, 15) is 9.59 Å². The number of nitriles is 1. The third-order valence-corrected chi connectivity index (χ3v) is 4.99. The summed E-state index contributed by atoms with van der Waals surface area (Å²) in [5.41, 5.74) is 1.86. The Bertz CT molecular complexity index is 778. The highest BCUT2D eigenvalue weighted by molar-refractivity contribution is 7.10. The lowest BCUT2D eigenvalue weighted by Crippen LogP contribution is -2.30. The minimum Gasteiger partial charge on any atom is -0.450 e. The van der Waals surface area contributed by atoms with Gasteiger partial charge in [-0.2, -0.15) is 5.26 Å². The average Bonchev–Trinajstić information content (AvgIpc) is 3.21. The fraction of sp³-hybridized carbons (Fsp3) is 0.278. The van der Waals surface area contributed by atoms with Gasteiger partial charge in [0.25, 0.3) is 0 Å². The van der Waals surface area contributed by atoms with E-state index < -0.39 is 17.9 Å². The van der Waals surface area contributed by atoms with Crippen molar-refractivity contribution in [2.75, 3.05) is 11.5 Å². The number of amides is 1. The molecule has 1 aliphatic rings. The highest BCUT2D eigenvalue weighted by atomic mass is 32.1. The van der Waals surface area contributed by atoms with Crippen molar-refractivity contribution in [2.45, 2.75) is 19.4 Å². The summed E-state index contributed by atoms with van der Waals surface area (Å²) in [7, 11) is 0. The van der Waals surface area contributed by atoms with Gasteiger partial charge in [0.2, 0.25) is 5.91 Å². The molecule has 6 heteroatoms. The lowest BCUT2D eigenvalue weighted by atomic mass is 9.99. The first-order valence-corrected chi connectivity index (χ1v) is 8.45. The number of ether oxygens (including phenoxy) is 1. The van der Waals surface area contributed by atoms with Crippen LogP contribution in [0.5, 0.6) is 0 Å². The summed E-state index contributed by atoms with van der Waals surface area (Å²) in [5, 5.41) is 10.5. The number of anilines is 1. The molecule has 122 valence electrons. The van der Waals surface area contributed by atoms with Gasteiger partial charge < -0.3 is 9.64 Å². The molecule has 3 rings (SSSR count). The lowest BCUT2D eigenvalue weighted by molar-refractivity contribution is -0.147. The maximum atomic E-state index is 12.6. The molecule has 0 spiro atoms. The van der Waals surface area contributed by atoms with Crippen LogP contribution < -0.4 is 4.90 Å². The molecular weight excluding hydrogens is 324 g/mol. The van der Waals surface area contributed by atoms with Gasteiger partial charge in [-0.1, -0.05) is 23.8 Å². The number of carbonyl (C=O) groups excluding carboxylic acids is 2. The second-order valence-electron chi connectivity index (χ2n) is 5.64. The molecule has 1 aliphatic heterocycles. The molecule has 24 heavy (non-hydrogen) atoms. The van der Waals surface area contributed by atoms with E-state index in [4.69, 9.17) is 10.00 Å². The van der Waals surface area contributed by atoms with Gasteiger partial charge in [-0.15, -0.1) is 11.3 Å². The zero-order valence-electron chi connectivity index (χ0n) is 13.1. The zero-order valence-corrected chi connectivity index (χ0v) is 14.0. The molecule has 0 unspecified atom stereocenters. The second kappa shape index (κ2) is 6.85. The number of thiophene rings is 1. The highest BCUT2D eigenvalue weighted by Gasteiger charge is 2.46. The van der Waals surface area contributed by atoms with Crippen molar-refractivity contribution in [3.8, 4) is 6.07 Å². The standard InChI is InChI=1S/C18H16N2O3S/c1-12-4-6-13(7-5-12)20-16(21)11-14(18(22)23-9-8-19)17(20)15-3-2-10-24-15/h2-7,10,14,17H,9,11H2,1H3/t14-,17-/m0/s1. The number of carbonyl (C=O) groups is 2. The molecule has 2 heterocycles. The molecule has 0 radical (unpaired) electrons. The molecule has 1 amide bonds. The molecule has 1 aromatic carbocycles. The average molecular weight is 340 g/mol. The fourth-order valence-corrected chi connectivity index (χ4v) is 3.83. The van der Waals surface area contributed by atoms with Crippen molar-refractivity contribution in [1.82, 2.24) is 0 Å². The van der Waals surface area contributed by atoms with Gasteiger partial charge in [0.1, 0.15) is 6.07 Å². The Kier molecular flexibility index (Phi) is 4.63.